The maximum absolute atomic E-state index is 11.3. The molecule has 1 saturated heterocycles. The van der Waals surface area contributed by atoms with E-state index in [4.69, 9.17) is 11.6 Å². The Bertz CT molecular complexity index is 1100. The SMILES string of the molecule is Cl.O=C(O)c1ccc2c(c1)CC1CN(Cc3ccccc3-c3ccc(Cl)cc3)CCN21. The lowest BCUT2D eigenvalue weighted by Crippen LogP contribution is -2.51. The molecule has 6 heteroatoms. The number of carboxylic acid groups (broad SMARTS) is 1. The standard InChI is InChI=1S/C25H23ClN2O2.ClH/c26-21-8-5-17(6-9-21)23-4-2-1-3-19(23)15-27-11-12-28-22(16-27)14-20-13-18(25(29)30)7-10-24(20)28;/h1-10,13,22H,11-12,14-16H2,(H,29,30);1H. The Morgan fingerprint density at radius 2 is 1.81 bits per heavy atom. The van der Waals surface area contributed by atoms with E-state index in [9.17, 15) is 9.90 Å². The Balaban J connectivity index is 0.00000231. The van der Waals surface area contributed by atoms with Crippen LogP contribution in [0.3, 0.4) is 0 Å². The van der Waals surface area contributed by atoms with Crippen LogP contribution in [0.5, 0.6) is 0 Å². The van der Waals surface area contributed by atoms with Crippen LogP contribution in [0.2, 0.25) is 5.02 Å². The molecule has 2 aliphatic heterocycles. The molecule has 2 heterocycles. The predicted molar refractivity (Wildman–Crippen MR) is 128 cm³/mol. The lowest BCUT2D eigenvalue weighted by atomic mass is 9.99. The van der Waals surface area contributed by atoms with Crippen LogP contribution in [0.15, 0.2) is 66.7 Å². The van der Waals surface area contributed by atoms with Crippen molar-refractivity contribution in [2.45, 2.75) is 19.0 Å². The number of piperazine rings is 1. The number of rotatable bonds is 4. The second kappa shape index (κ2) is 8.91. The molecule has 0 aliphatic carbocycles. The molecule has 4 nitrogen and oxygen atoms in total. The summed E-state index contributed by atoms with van der Waals surface area (Å²) in [6.45, 7) is 3.84. The van der Waals surface area contributed by atoms with Gasteiger partial charge < -0.3 is 10.0 Å². The Labute approximate surface area is 193 Å². The van der Waals surface area contributed by atoms with Gasteiger partial charge in [0, 0.05) is 42.9 Å². The summed E-state index contributed by atoms with van der Waals surface area (Å²) in [5.74, 6) is -0.858. The van der Waals surface area contributed by atoms with Crippen molar-refractivity contribution in [1.29, 1.82) is 0 Å². The van der Waals surface area contributed by atoms with Crippen molar-refractivity contribution in [1.82, 2.24) is 4.90 Å². The highest BCUT2D eigenvalue weighted by atomic mass is 35.5. The predicted octanol–water partition coefficient (Wildman–Crippen LogP) is 5.37. The summed E-state index contributed by atoms with van der Waals surface area (Å²) in [6, 6.07) is 22.5. The van der Waals surface area contributed by atoms with Crippen molar-refractivity contribution < 1.29 is 9.90 Å². The van der Waals surface area contributed by atoms with Crippen molar-refractivity contribution in [3.63, 3.8) is 0 Å². The lowest BCUT2D eigenvalue weighted by Gasteiger charge is -2.39. The summed E-state index contributed by atoms with van der Waals surface area (Å²) in [6.07, 6.45) is 0.909. The summed E-state index contributed by atoms with van der Waals surface area (Å²) >= 11 is 6.07. The first-order valence-electron chi connectivity index (χ1n) is 10.3. The van der Waals surface area contributed by atoms with E-state index in [1.807, 2.05) is 24.3 Å². The number of benzene rings is 3. The number of aromatic carboxylic acids is 1. The van der Waals surface area contributed by atoms with Gasteiger partial charge in [0.25, 0.3) is 0 Å². The fourth-order valence-electron chi connectivity index (χ4n) is 4.78. The maximum Gasteiger partial charge on any atom is 0.335 e. The van der Waals surface area contributed by atoms with Crippen molar-refractivity contribution in [3.8, 4) is 11.1 Å². The zero-order valence-electron chi connectivity index (χ0n) is 17.0. The van der Waals surface area contributed by atoms with Crippen LogP contribution < -0.4 is 4.90 Å². The second-order valence-corrected chi connectivity index (χ2v) is 8.54. The third-order valence-corrected chi connectivity index (χ3v) is 6.48. The molecule has 3 aromatic rings. The van der Waals surface area contributed by atoms with Crippen LogP contribution in [0.25, 0.3) is 11.1 Å². The first kappa shape index (κ1) is 21.7. The van der Waals surface area contributed by atoms with Crippen LogP contribution in [0, 0.1) is 0 Å². The molecule has 2 aliphatic rings. The van der Waals surface area contributed by atoms with Gasteiger partial charge in [-0.15, -0.1) is 12.4 Å². The number of carboxylic acids is 1. The third kappa shape index (κ3) is 4.29. The minimum Gasteiger partial charge on any atom is -0.478 e. The molecule has 0 amide bonds. The van der Waals surface area contributed by atoms with E-state index in [-0.39, 0.29) is 12.4 Å². The number of anilines is 1. The number of carbonyl (C=O) groups is 1. The van der Waals surface area contributed by atoms with Gasteiger partial charge in [0.2, 0.25) is 0 Å². The Morgan fingerprint density at radius 3 is 2.58 bits per heavy atom. The molecule has 3 aromatic carbocycles. The second-order valence-electron chi connectivity index (χ2n) is 8.10. The van der Waals surface area contributed by atoms with Crippen LogP contribution >= 0.6 is 24.0 Å². The normalized spacial score (nSPS) is 17.6. The minimum atomic E-state index is -0.858. The van der Waals surface area contributed by atoms with Gasteiger partial charge >= 0.3 is 5.97 Å². The van der Waals surface area contributed by atoms with Gasteiger partial charge in [-0.2, -0.15) is 0 Å². The molecule has 1 unspecified atom stereocenters. The Kier molecular flexibility index (Phi) is 6.24. The molecule has 0 aromatic heterocycles. The first-order chi connectivity index (χ1) is 14.6. The van der Waals surface area contributed by atoms with Crippen LogP contribution in [-0.4, -0.2) is 41.7 Å². The van der Waals surface area contributed by atoms with Gasteiger partial charge in [0.05, 0.1) is 5.56 Å². The van der Waals surface area contributed by atoms with E-state index in [2.05, 4.69) is 46.2 Å². The molecule has 5 rings (SSSR count). The Hall–Kier alpha value is -2.53. The van der Waals surface area contributed by atoms with Gasteiger partial charge in [-0.05, 0) is 59.0 Å². The van der Waals surface area contributed by atoms with Gasteiger partial charge in [-0.1, -0.05) is 48.0 Å². The average molecular weight is 455 g/mol. The molecular weight excluding hydrogens is 431 g/mol. The fraction of sp³-hybridized carbons (Fsp3) is 0.240. The largest absolute Gasteiger partial charge is 0.478 e. The highest BCUT2D eigenvalue weighted by molar-refractivity contribution is 6.30. The fourth-order valence-corrected chi connectivity index (χ4v) is 4.91. The average Bonchev–Trinajstić information content (AvgIpc) is 3.11. The minimum absolute atomic E-state index is 0. The van der Waals surface area contributed by atoms with E-state index in [0.717, 1.165) is 43.2 Å². The van der Waals surface area contributed by atoms with E-state index >= 15 is 0 Å². The summed E-state index contributed by atoms with van der Waals surface area (Å²) < 4.78 is 0. The summed E-state index contributed by atoms with van der Waals surface area (Å²) in [7, 11) is 0. The van der Waals surface area contributed by atoms with Crippen molar-refractivity contribution in [2.24, 2.45) is 0 Å². The van der Waals surface area contributed by atoms with Crippen LogP contribution in [0.4, 0.5) is 5.69 Å². The quantitative estimate of drug-likeness (QED) is 0.574. The smallest absolute Gasteiger partial charge is 0.335 e. The number of halogens is 2. The summed E-state index contributed by atoms with van der Waals surface area (Å²) in [5.41, 5.74) is 6.48. The lowest BCUT2D eigenvalue weighted by molar-refractivity contribution is 0.0697. The highest BCUT2D eigenvalue weighted by Crippen LogP contribution is 2.35. The maximum atomic E-state index is 11.3. The van der Waals surface area contributed by atoms with E-state index in [0.29, 0.717) is 11.6 Å². The molecule has 1 fully saturated rings. The van der Waals surface area contributed by atoms with Crippen LogP contribution in [0.1, 0.15) is 21.5 Å². The molecule has 0 bridgehead atoms. The molecule has 160 valence electrons. The monoisotopic (exact) mass is 454 g/mol. The Morgan fingerprint density at radius 1 is 1.03 bits per heavy atom. The van der Waals surface area contributed by atoms with E-state index in [1.165, 1.54) is 22.4 Å². The number of fused-ring (bicyclic) bond motifs is 3. The molecule has 0 radical (unpaired) electrons. The van der Waals surface area contributed by atoms with Crippen LogP contribution in [-0.2, 0) is 13.0 Å². The van der Waals surface area contributed by atoms with Gasteiger partial charge in [-0.25, -0.2) is 4.79 Å². The highest BCUT2D eigenvalue weighted by Gasteiger charge is 2.34. The first-order valence-corrected chi connectivity index (χ1v) is 10.7. The van der Waals surface area contributed by atoms with Crippen molar-refractivity contribution >= 4 is 35.7 Å². The molecule has 0 spiro atoms. The topological polar surface area (TPSA) is 43.8 Å². The molecule has 31 heavy (non-hydrogen) atoms. The summed E-state index contributed by atoms with van der Waals surface area (Å²) in [5, 5.41) is 10.0. The zero-order valence-corrected chi connectivity index (χ0v) is 18.6. The molecular formula is C25H24Cl2N2O2. The van der Waals surface area contributed by atoms with Gasteiger partial charge in [-0.3, -0.25) is 4.90 Å². The van der Waals surface area contributed by atoms with Crippen molar-refractivity contribution in [3.05, 3.63) is 88.4 Å². The van der Waals surface area contributed by atoms with E-state index < -0.39 is 5.97 Å². The van der Waals surface area contributed by atoms with Crippen molar-refractivity contribution in [2.75, 3.05) is 24.5 Å². The third-order valence-electron chi connectivity index (χ3n) is 6.22. The number of hydrogen-bond donors (Lipinski definition) is 1. The van der Waals surface area contributed by atoms with Gasteiger partial charge in [0.1, 0.15) is 0 Å². The van der Waals surface area contributed by atoms with Gasteiger partial charge in [0.15, 0.2) is 0 Å². The number of nitrogens with zero attached hydrogens (tertiary/aromatic N) is 2. The molecule has 1 atom stereocenters. The molecule has 0 saturated carbocycles. The number of hydrogen-bond acceptors (Lipinski definition) is 3. The molecule has 1 N–H and O–H groups in total. The zero-order chi connectivity index (χ0) is 20.7. The van der Waals surface area contributed by atoms with E-state index in [1.54, 1.807) is 6.07 Å². The summed E-state index contributed by atoms with van der Waals surface area (Å²) in [4.78, 5) is 16.3.